The van der Waals surface area contributed by atoms with Crippen molar-refractivity contribution in [1.29, 1.82) is 0 Å². The Morgan fingerprint density at radius 1 is 1.00 bits per heavy atom. The van der Waals surface area contributed by atoms with Crippen molar-refractivity contribution in [1.82, 2.24) is 0 Å². The van der Waals surface area contributed by atoms with Gasteiger partial charge in [-0.05, 0) is 97.7 Å². The summed E-state index contributed by atoms with van der Waals surface area (Å²) >= 11 is 0. The first kappa shape index (κ1) is 23.0. The molecule has 0 aliphatic heterocycles. The average Bonchev–Trinajstić information content (AvgIpc) is 3.00. The fraction of sp³-hybridized carbons (Fsp3) is 1.00. The van der Waals surface area contributed by atoms with Crippen LogP contribution in [0.1, 0.15) is 72.1 Å². The topological polar surface area (TPSA) is 115 Å². The van der Waals surface area contributed by atoms with Gasteiger partial charge in [-0.15, -0.1) is 0 Å². The quantitative estimate of drug-likeness (QED) is 0.496. The van der Waals surface area contributed by atoms with E-state index in [2.05, 4.69) is 13.8 Å². The highest BCUT2D eigenvalue weighted by molar-refractivity contribution is 7.85. The van der Waals surface area contributed by atoms with Gasteiger partial charge < -0.3 is 15.3 Å². The minimum atomic E-state index is -3.99. The molecule has 0 saturated heterocycles. The highest BCUT2D eigenvalue weighted by Crippen LogP contribution is 2.68. The molecule has 4 fully saturated rings. The largest absolute Gasteiger partial charge is 0.393 e. The van der Waals surface area contributed by atoms with Crippen LogP contribution in [0, 0.1) is 46.3 Å². The lowest BCUT2D eigenvalue weighted by atomic mass is 9.43. The fourth-order valence-electron chi connectivity index (χ4n) is 8.67. The average molecular weight is 445 g/mol. The maximum absolute atomic E-state index is 11.5. The van der Waals surface area contributed by atoms with Gasteiger partial charge in [0.15, 0.2) is 0 Å². The zero-order valence-corrected chi connectivity index (χ0v) is 19.4. The first-order valence-corrected chi connectivity index (χ1v) is 13.5. The van der Waals surface area contributed by atoms with E-state index in [1.54, 1.807) is 0 Å². The molecule has 0 aromatic heterocycles. The minimum Gasteiger partial charge on any atom is -0.393 e. The van der Waals surface area contributed by atoms with Crippen molar-refractivity contribution in [3.8, 4) is 0 Å². The molecule has 174 valence electrons. The molecule has 7 heteroatoms. The predicted molar refractivity (Wildman–Crippen MR) is 114 cm³/mol. The molecule has 0 heterocycles. The summed E-state index contributed by atoms with van der Waals surface area (Å²) in [7, 11) is -3.99. The van der Waals surface area contributed by atoms with Crippen LogP contribution in [0.5, 0.6) is 0 Å². The summed E-state index contributed by atoms with van der Waals surface area (Å²) in [6, 6.07) is 0. The van der Waals surface area contributed by atoms with Crippen molar-refractivity contribution >= 4 is 10.1 Å². The van der Waals surface area contributed by atoms with Gasteiger partial charge in [-0.25, -0.2) is 0 Å². The molecular weight excluding hydrogens is 404 g/mol. The normalized spacial score (nSPS) is 52.2. The molecule has 4 N–H and O–H groups in total. The zero-order valence-electron chi connectivity index (χ0n) is 18.6. The third kappa shape index (κ3) is 3.57. The first-order chi connectivity index (χ1) is 13.9. The summed E-state index contributed by atoms with van der Waals surface area (Å²) in [5.41, 5.74) is -0.279. The Kier molecular flexibility index (Phi) is 5.88. The van der Waals surface area contributed by atoms with Gasteiger partial charge in [0, 0.05) is 0 Å². The Morgan fingerprint density at radius 2 is 1.70 bits per heavy atom. The van der Waals surface area contributed by atoms with Crippen molar-refractivity contribution in [3.05, 3.63) is 0 Å². The lowest BCUT2D eigenvalue weighted by molar-refractivity contribution is -0.206. The van der Waals surface area contributed by atoms with Crippen molar-refractivity contribution < 1.29 is 28.3 Å². The van der Waals surface area contributed by atoms with E-state index in [9.17, 15) is 28.3 Å². The Morgan fingerprint density at radius 3 is 2.37 bits per heavy atom. The summed E-state index contributed by atoms with van der Waals surface area (Å²) in [4.78, 5) is 0. The smallest absolute Gasteiger partial charge is 0.264 e. The van der Waals surface area contributed by atoms with Gasteiger partial charge in [-0.1, -0.05) is 20.8 Å². The highest BCUT2D eigenvalue weighted by Gasteiger charge is 2.65. The Balaban J connectivity index is 1.60. The van der Waals surface area contributed by atoms with Crippen LogP contribution in [0.2, 0.25) is 0 Å². The third-order valence-corrected chi connectivity index (χ3v) is 11.1. The number of hydrogen-bond donors (Lipinski definition) is 4. The number of hydrogen-bond acceptors (Lipinski definition) is 5. The van der Waals surface area contributed by atoms with E-state index >= 15 is 0 Å². The van der Waals surface area contributed by atoms with Gasteiger partial charge in [-0.2, -0.15) is 8.42 Å². The molecule has 4 aliphatic rings. The molecule has 6 nitrogen and oxygen atoms in total. The predicted octanol–water partition coefficient (Wildman–Crippen LogP) is 2.86. The van der Waals surface area contributed by atoms with Gasteiger partial charge in [0.05, 0.1) is 24.1 Å². The van der Waals surface area contributed by atoms with Gasteiger partial charge in [0.25, 0.3) is 10.1 Å². The van der Waals surface area contributed by atoms with E-state index in [4.69, 9.17) is 0 Å². The van der Waals surface area contributed by atoms with Gasteiger partial charge in [-0.3, -0.25) is 4.55 Å². The minimum absolute atomic E-state index is 0.0557. The number of aliphatic hydroxyl groups excluding tert-OH is 3. The standard InChI is InChI=1S/C23H40O6S/c1-13(7-9-30(27,28)29)16-4-5-17-21-18(12-20(26)23(16,17)3)22(2)8-6-15(24)10-14(22)11-19(21)25/h13-21,24-26H,4-12H2,1-3H3,(H,27,28,29)/t13-,14-,15+,16+,17-,18-,19-,20-,21-,22+,23-/m1/s1. The molecule has 4 rings (SSSR count). The van der Waals surface area contributed by atoms with Gasteiger partial charge >= 0.3 is 0 Å². The second-order valence-corrected chi connectivity index (χ2v) is 13.1. The fourth-order valence-corrected chi connectivity index (χ4v) is 9.34. The lowest BCUT2D eigenvalue weighted by Gasteiger charge is -2.63. The van der Waals surface area contributed by atoms with Gasteiger partial charge in [0.2, 0.25) is 0 Å². The number of rotatable bonds is 4. The molecule has 0 unspecified atom stereocenters. The summed E-state index contributed by atoms with van der Waals surface area (Å²) < 4.78 is 31.7. The van der Waals surface area contributed by atoms with Crippen molar-refractivity contribution in [2.24, 2.45) is 46.3 Å². The molecule has 4 aliphatic carbocycles. The molecule has 11 atom stereocenters. The second-order valence-electron chi connectivity index (χ2n) is 11.6. The molecule has 0 radical (unpaired) electrons. The number of fused-ring (bicyclic) bond motifs is 5. The van der Waals surface area contributed by atoms with Crippen LogP contribution in [0.4, 0.5) is 0 Å². The second kappa shape index (κ2) is 7.68. The summed E-state index contributed by atoms with van der Waals surface area (Å²) in [5, 5.41) is 32.9. The van der Waals surface area contributed by atoms with E-state index < -0.39 is 22.3 Å². The van der Waals surface area contributed by atoms with E-state index in [1.165, 1.54) is 0 Å². The van der Waals surface area contributed by atoms with Crippen molar-refractivity contribution in [2.75, 3.05) is 5.75 Å². The molecular formula is C23H40O6S. The molecule has 0 amide bonds. The maximum atomic E-state index is 11.5. The van der Waals surface area contributed by atoms with Crippen LogP contribution in [0.25, 0.3) is 0 Å². The van der Waals surface area contributed by atoms with Crippen LogP contribution < -0.4 is 0 Å². The summed E-state index contributed by atoms with van der Waals surface area (Å²) in [6.07, 6.45) is 5.06. The van der Waals surface area contributed by atoms with Crippen molar-refractivity contribution in [2.45, 2.75) is 90.4 Å². The monoisotopic (exact) mass is 444 g/mol. The van der Waals surface area contributed by atoms with E-state index in [-0.39, 0.29) is 52.3 Å². The lowest BCUT2D eigenvalue weighted by Crippen LogP contribution is -2.62. The molecule has 0 aromatic carbocycles. The molecule has 0 aromatic rings. The van der Waals surface area contributed by atoms with Crippen LogP contribution in [0.15, 0.2) is 0 Å². The summed E-state index contributed by atoms with van der Waals surface area (Å²) in [6.45, 7) is 6.52. The van der Waals surface area contributed by atoms with Crippen LogP contribution in [-0.2, 0) is 10.1 Å². The molecule has 0 spiro atoms. The van der Waals surface area contributed by atoms with Crippen molar-refractivity contribution in [3.63, 3.8) is 0 Å². The SMILES string of the molecule is C[C@H](CCS(=O)(=O)O)[C@@H]1CC[C@@H]2[C@H]3[C@H](O)C[C@H]4C[C@@H](O)CC[C@]4(C)[C@@H]3C[C@@H](O)[C@@]21C. The van der Waals surface area contributed by atoms with Crippen LogP contribution >= 0.6 is 0 Å². The van der Waals surface area contributed by atoms with Crippen LogP contribution in [-0.4, -0.2) is 52.4 Å². The number of aliphatic hydroxyl groups is 3. The Labute approximate surface area is 181 Å². The van der Waals surface area contributed by atoms with E-state index in [1.807, 2.05) is 6.92 Å². The van der Waals surface area contributed by atoms with Gasteiger partial charge in [0.1, 0.15) is 0 Å². The molecule has 30 heavy (non-hydrogen) atoms. The first-order valence-electron chi connectivity index (χ1n) is 11.9. The van der Waals surface area contributed by atoms with Crippen LogP contribution in [0.3, 0.4) is 0 Å². The Bertz CT molecular complexity index is 755. The molecule has 0 bridgehead atoms. The Hall–Kier alpha value is -0.210. The zero-order chi connectivity index (χ0) is 22.1. The van der Waals surface area contributed by atoms with E-state index in [0.717, 1.165) is 38.5 Å². The summed E-state index contributed by atoms with van der Waals surface area (Å²) in [5.74, 6) is 0.989. The molecule has 4 saturated carbocycles. The highest BCUT2D eigenvalue weighted by atomic mass is 32.2. The third-order valence-electron chi connectivity index (χ3n) is 10.4. The maximum Gasteiger partial charge on any atom is 0.264 e. The van der Waals surface area contributed by atoms with E-state index in [0.29, 0.717) is 18.8 Å².